The monoisotopic (exact) mass is 348 g/mol. The van der Waals surface area contributed by atoms with E-state index in [2.05, 4.69) is 10.6 Å². The van der Waals surface area contributed by atoms with Crippen molar-refractivity contribution in [3.63, 3.8) is 0 Å². The molecule has 0 bridgehead atoms. The Morgan fingerprint density at radius 2 is 2.21 bits per heavy atom. The predicted octanol–water partition coefficient (Wildman–Crippen LogP) is 2.89. The molecule has 0 aliphatic rings. The number of rotatable bonds is 7. The highest BCUT2D eigenvalue weighted by atomic mass is 32.1. The lowest BCUT2D eigenvalue weighted by atomic mass is 9.99. The second kappa shape index (κ2) is 8.17. The number of thiophene rings is 1. The molecule has 0 fully saturated rings. The number of nitrogens with one attached hydrogen (secondary N) is 2. The zero-order valence-corrected chi connectivity index (χ0v) is 15.0. The lowest BCUT2D eigenvalue weighted by Crippen LogP contribution is -2.46. The van der Waals surface area contributed by atoms with Gasteiger partial charge in [-0.05, 0) is 60.4 Å². The van der Waals surface area contributed by atoms with E-state index in [1.807, 2.05) is 48.0 Å². The fourth-order valence-electron chi connectivity index (χ4n) is 2.40. The van der Waals surface area contributed by atoms with Gasteiger partial charge in [-0.15, -0.1) is 0 Å². The summed E-state index contributed by atoms with van der Waals surface area (Å²) in [4.78, 5) is 12.0. The van der Waals surface area contributed by atoms with Gasteiger partial charge in [0.05, 0.1) is 13.7 Å². The van der Waals surface area contributed by atoms with Crippen LogP contribution in [0, 0.1) is 0 Å². The number of benzene rings is 1. The molecule has 2 atom stereocenters. The molecule has 24 heavy (non-hydrogen) atoms. The Balaban J connectivity index is 1.81. The number of amides is 2. The highest BCUT2D eigenvalue weighted by Crippen LogP contribution is 2.22. The van der Waals surface area contributed by atoms with Crippen molar-refractivity contribution in [1.82, 2.24) is 10.6 Å². The fourth-order valence-corrected chi connectivity index (χ4v) is 3.19. The molecule has 1 aromatic heterocycles. The van der Waals surface area contributed by atoms with E-state index in [0.717, 1.165) is 16.9 Å². The Hall–Kier alpha value is -2.05. The minimum atomic E-state index is -1.08. The van der Waals surface area contributed by atoms with Crippen molar-refractivity contribution in [2.75, 3.05) is 13.7 Å². The average Bonchev–Trinajstić information content (AvgIpc) is 3.08. The van der Waals surface area contributed by atoms with Gasteiger partial charge in [0.2, 0.25) is 0 Å². The Bertz CT molecular complexity index is 656. The molecule has 0 spiro atoms. The second-order valence-corrected chi connectivity index (χ2v) is 6.85. The average molecular weight is 348 g/mol. The number of hydrogen-bond donors (Lipinski definition) is 3. The van der Waals surface area contributed by atoms with E-state index in [1.165, 1.54) is 11.3 Å². The molecule has 1 aromatic carbocycles. The SMILES string of the molecule is COc1cccc(C[C@H](C)NC(=O)NC[C@](C)(O)c2ccsc2)c1. The third-order valence-corrected chi connectivity index (χ3v) is 4.47. The molecule has 0 aliphatic carbocycles. The number of carbonyl (C=O) groups excluding carboxylic acids is 1. The zero-order valence-electron chi connectivity index (χ0n) is 14.2. The topological polar surface area (TPSA) is 70.6 Å². The molecule has 1 heterocycles. The van der Waals surface area contributed by atoms with Gasteiger partial charge in [0, 0.05) is 6.04 Å². The molecule has 0 aliphatic heterocycles. The molecule has 2 rings (SSSR count). The normalized spacial score (nSPS) is 14.5. The number of ether oxygens (including phenoxy) is 1. The molecule has 0 radical (unpaired) electrons. The quantitative estimate of drug-likeness (QED) is 0.720. The van der Waals surface area contributed by atoms with Gasteiger partial charge in [-0.2, -0.15) is 11.3 Å². The smallest absolute Gasteiger partial charge is 0.315 e. The summed E-state index contributed by atoms with van der Waals surface area (Å²) in [7, 11) is 1.63. The number of carbonyl (C=O) groups is 1. The Labute approximate surface area is 146 Å². The highest BCUT2D eigenvalue weighted by molar-refractivity contribution is 7.08. The molecular formula is C18H24N2O3S. The summed E-state index contributed by atoms with van der Waals surface area (Å²) < 4.78 is 5.20. The molecule has 5 nitrogen and oxygen atoms in total. The van der Waals surface area contributed by atoms with Gasteiger partial charge < -0.3 is 20.5 Å². The van der Waals surface area contributed by atoms with Gasteiger partial charge in [0.25, 0.3) is 0 Å². The first-order valence-corrected chi connectivity index (χ1v) is 8.77. The third-order valence-electron chi connectivity index (χ3n) is 3.79. The number of urea groups is 1. The first-order valence-electron chi connectivity index (χ1n) is 7.83. The molecule has 0 unspecified atom stereocenters. The molecule has 130 valence electrons. The maximum atomic E-state index is 12.0. The molecule has 6 heteroatoms. The third kappa shape index (κ3) is 5.25. The number of methoxy groups -OCH3 is 1. The summed E-state index contributed by atoms with van der Waals surface area (Å²) >= 11 is 1.52. The molecule has 0 saturated carbocycles. The lowest BCUT2D eigenvalue weighted by molar-refractivity contribution is 0.0597. The molecular weight excluding hydrogens is 324 g/mol. The molecule has 3 N–H and O–H groups in total. The summed E-state index contributed by atoms with van der Waals surface area (Å²) in [5.74, 6) is 0.802. The van der Waals surface area contributed by atoms with Crippen molar-refractivity contribution in [3.8, 4) is 5.75 Å². The summed E-state index contributed by atoms with van der Waals surface area (Å²) in [5.41, 5.74) is 0.817. The van der Waals surface area contributed by atoms with E-state index < -0.39 is 5.60 Å². The van der Waals surface area contributed by atoms with Crippen LogP contribution in [-0.4, -0.2) is 30.8 Å². The van der Waals surface area contributed by atoms with Crippen LogP contribution in [-0.2, 0) is 12.0 Å². The van der Waals surface area contributed by atoms with Crippen LogP contribution in [0.1, 0.15) is 25.0 Å². The van der Waals surface area contributed by atoms with Gasteiger partial charge in [-0.1, -0.05) is 12.1 Å². The first kappa shape index (κ1) is 18.3. The van der Waals surface area contributed by atoms with E-state index in [4.69, 9.17) is 4.74 Å². The largest absolute Gasteiger partial charge is 0.497 e. The van der Waals surface area contributed by atoms with Crippen molar-refractivity contribution in [2.24, 2.45) is 0 Å². The van der Waals surface area contributed by atoms with Gasteiger partial charge in [-0.25, -0.2) is 4.79 Å². The minimum absolute atomic E-state index is 0.0387. The van der Waals surface area contributed by atoms with E-state index in [9.17, 15) is 9.90 Å². The van der Waals surface area contributed by atoms with Crippen LogP contribution in [0.3, 0.4) is 0 Å². The van der Waals surface area contributed by atoms with Crippen molar-refractivity contribution in [2.45, 2.75) is 31.9 Å². The van der Waals surface area contributed by atoms with E-state index in [0.29, 0.717) is 6.42 Å². The summed E-state index contributed by atoms with van der Waals surface area (Å²) in [6, 6.07) is 9.30. The van der Waals surface area contributed by atoms with E-state index in [1.54, 1.807) is 14.0 Å². The maximum absolute atomic E-state index is 12.0. The molecule has 2 amide bonds. The number of aliphatic hydroxyl groups is 1. The molecule has 0 saturated heterocycles. The van der Waals surface area contributed by atoms with Crippen molar-refractivity contribution < 1.29 is 14.6 Å². The van der Waals surface area contributed by atoms with Crippen LogP contribution in [0.15, 0.2) is 41.1 Å². The first-order chi connectivity index (χ1) is 11.4. The summed E-state index contributed by atoms with van der Waals surface area (Å²) in [5, 5.41) is 19.8. The lowest BCUT2D eigenvalue weighted by Gasteiger charge is -2.23. The van der Waals surface area contributed by atoms with Crippen molar-refractivity contribution >= 4 is 17.4 Å². The molecule has 2 aromatic rings. The van der Waals surface area contributed by atoms with Gasteiger partial charge in [-0.3, -0.25) is 0 Å². The summed E-state index contributed by atoms with van der Waals surface area (Å²) in [6.07, 6.45) is 0.700. The van der Waals surface area contributed by atoms with Crippen molar-refractivity contribution in [1.29, 1.82) is 0 Å². The second-order valence-electron chi connectivity index (χ2n) is 6.07. The predicted molar refractivity (Wildman–Crippen MR) is 96.6 cm³/mol. The number of hydrogen-bond acceptors (Lipinski definition) is 4. The standard InChI is InChI=1S/C18H24N2O3S/c1-13(9-14-5-4-6-16(10-14)23-3)20-17(21)19-12-18(2,22)15-7-8-24-11-15/h4-8,10-11,13,22H,9,12H2,1-3H3,(H2,19,20,21)/t13-,18-/m0/s1. The fraction of sp³-hybridized carbons (Fsp3) is 0.389. The van der Waals surface area contributed by atoms with Gasteiger partial charge in [0.1, 0.15) is 11.4 Å². The van der Waals surface area contributed by atoms with Crippen LogP contribution < -0.4 is 15.4 Å². The maximum Gasteiger partial charge on any atom is 0.315 e. The highest BCUT2D eigenvalue weighted by Gasteiger charge is 2.24. The zero-order chi connectivity index (χ0) is 17.6. The van der Waals surface area contributed by atoms with Crippen LogP contribution in [0.5, 0.6) is 5.75 Å². The minimum Gasteiger partial charge on any atom is -0.497 e. The van der Waals surface area contributed by atoms with Crippen molar-refractivity contribution in [3.05, 3.63) is 52.2 Å². The Kier molecular flexibility index (Phi) is 6.23. The Morgan fingerprint density at radius 1 is 1.42 bits per heavy atom. The van der Waals surface area contributed by atoms with Gasteiger partial charge in [0.15, 0.2) is 0 Å². The van der Waals surface area contributed by atoms with Crippen LogP contribution in [0.25, 0.3) is 0 Å². The van der Waals surface area contributed by atoms with E-state index >= 15 is 0 Å². The van der Waals surface area contributed by atoms with E-state index in [-0.39, 0.29) is 18.6 Å². The van der Waals surface area contributed by atoms with Crippen LogP contribution in [0.4, 0.5) is 4.79 Å². The van der Waals surface area contributed by atoms with Crippen LogP contribution >= 0.6 is 11.3 Å². The Morgan fingerprint density at radius 3 is 2.88 bits per heavy atom. The van der Waals surface area contributed by atoms with Gasteiger partial charge >= 0.3 is 6.03 Å². The van der Waals surface area contributed by atoms with Crippen LogP contribution in [0.2, 0.25) is 0 Å². The summed E-state index contributed by atoms with van der Waals surface area (Å²) in [6.45, 7) is 3.78.